The Morgan fingerprint density at radius 1 is 1.42 bits per heavy atom. The molecule has 0 fully saturated rings. The summed E-state index contributed by atoms with van der Waals surface area (Å²) in [6.07, 6.45) is 1.86. The second-order valence-corrected chi connectivity index (χ2v) is 6.33. The van der Waals surface area contributed by atoms with Crippen molar-refractivity contribution in [2.45, 2.75) is 44.5 Å². The van der Waals surface area contributed by atoms with Crippen LogP contribution < -0.4 is 10.1 Å². The number of alkyl halides is 1. The lowest BCUT2D eigenvalue weighted by Crippen LogP contribution is -2.33. The van der Waals surface area contributed by atoms with Crippen LogP contribution in [0.1, 0.15) is 44.0 Å². The molecule has 1 amide bonds. The van der Waals surface area contributed by atoms with E-state index in [1.165, 1.54) is 0 Å². The van der Waals surface area contributed by atoms with Gasteiger partial charge in [0.05, 0.1) is 6.61 Å². The number of nitrogens with one attached hydrogen (secondary N) is 1. The van der Waals surface area contributed by atoms with Gasteiger partial charge in [0.1, 0.15) is 5.75 Å². The molecule has 0 radical (unpaired) electrons. The number of hydrogen-bond donors (Lipinski definition) is 1. The summed E-state index contributed by atoms with van der Waals surface area (Å²) >= 11 is 3.49. The van der Waals surface area contributed by atoms with Gasteiger partial charge in [0.25, 0.3) is 5.91 Å². The van der Waals surface area contributed by atoms with Gasteiger partial charge in [0.15, 0.2) is 0 Å². The Balaban J connectivity index is 2.61. The number of benzene rings is 1. The number of amides is 1. The van der Waals surface area contributed by atoms with Gasteiger partial charge in [-0.05, 0) is 38.0 Å². The van der Waals surface area contributed by atoms with E-state index in [0.29, 0.717) is 17.0 Å². The van der Waals surface area contributed by atoms with Crippen LogP contribution in [0, 0.1) is 0 Å². The topological polar surface area (TPSA) is 38.3 Å². The zero-order valence-electron chi connectivity index (χ0n) is 11.8. The fourth-order valence-electron chi connectivity index (χ4n) is 1.80. The molecule has 1 N–H and O–H groups in total. The minimum Gasteiger partial charge on any atom is -0.494 e. The van der Waals surface area contributed by atoms with E-state index in [9.17, 15) is 4.79 Å². The Kier molecular flexibility index (Phi) is 6.92. The number of rotatable bonds is 7. The Morgan fingerprint density at radius 3 is 2.79 bits per heavy atom. The van der Waals surface area contributed by atoms with Gasteiger partial charge in [-0.15, -0.1) is 0 Å². The quantitative estimate of drug-likeness (QED) is 0.774. The molecule has 0 aromatic heterocycles. The summed E-state index contributed by atoms with van der Waals surface area (Å²) in [5, 5.41) is 2.99. The van der Waals surface area contributed by atoms with Crippen LogP contribution in [0.4, 0.5) is 0 Å². The van der Waals surface area contributed by atoms with Gasteiger partial charge in [0.2, 0.25) is 0 Å². The van der Waals surface area contributed by atoms with Crippen molar-refractivity contribution < 1.29 is 9.53 Å². The predicted molar refractivity (Wildman–Crippen MR) is 82.2 cm³/mol. The smallest absolute Gasteiger partial charge is 0.251 e. The molecule has 0 saturated heterocycles. The summed E-state index contributed by atoms with van der Waals surface area (Å²) < 4.78 is 5.53. The van der Waals surface area contributed by atoms with Crippen molar-refractivity contribution in [1.82, 2.24) is 5.32 Å². The molecule has 0 aliphatic rings. The molecule has 0 aliphatic carbocycles. The van der Waals surface area contributed by atoms with E-state index in [2.05, 4.69) is 35.1 Å². The molecule has 0 heterocycles. The SMILES string of the molecule is CCCOc1cccc(C(=O)NC(C)CC(C)Br)c1. The maximum absolute atomic E-state index is 12.1. The van der Waals surface area contributed by atoms with Crippen molar-refractivity contribution in [3.8, 4) is 5.75 Å². The van der Waals surface area contributed by atoms with Crippen LogP contribution in [-0.2, 0) is 0 Å². The highest BCUT2D eigenvalue weighted by atomic mass is 79.9. The Hall–Kier alpha value is -1.03. The normalized spacial score (nSPS) is 13.7. The highest BCUT2D eigenvalue weighted by Gasteiger charge is 2.12. The molecule has 0 bridgehead atoms. The van der Waals surface area contributed by atoms with E-state index >= 15 is 0 Å². The van der Waals surface area contributed by atoms with Crippen molar-refractivity contribution in [1.29, 1.82) is 0 Å². The zero-order chi connectivity index (χ0) is 14.3. The Morgan fingerprint density at radius 2 is 2.16 bits per heavy atom. The molecule has 0 spiro atoms. The molecule has 2 atom stereocenters. The molecule has 1 aromatic carbocycles. The largest absolute Gasteiger partial charge is 0.494 e. The molecular formula is C15H22BrNO2. The van der Waals surface area contributed by atoms with E-state index in [1.807, 2.05) is 19.1 Å². The van der Waals surface area contributed by atoms with Crippen molar-refractivity contribution in [3.05, 3.63) is 29.8 Å². The summed E-state index contributed by atoms with van der Waals surface area (Å²) in [6, 6.07) is 7.45. The molecule has 106 valence electrons. The Bertz CT molecular complexity index is 407. The van der Waals surface area contributed by atoms with Gasteiger partial charge < -0.3 is 10.1 Å². The molecule has 2 unspecified atom stereocenters. The van der Waals surface area contributed by atoms with Crippen LogP contribution >= 0.6 is 15.9 Å². The standard InChI is InChI=1S/C15H22BrNO2/c1-4-8-19-14-7-5-6-13(10-14)15(18)17-12(3)9-11(2)16/h5-7,10-12H,4,8-9H2,1-3H3,(H,17,18). The summed E-state index contributed by atoms with van der Waals surface area (Å²) in [6.45, 7) is 6.80. The molecule has 4 heteroatoms. The van der Waals surface area contributed by atoms with Crippen LogP contribution in [0.15, 0.2) is 24.3 Å². The second kappa shape index (κ2) is 8.20. The summed E-state index contributed by atoms with van der Waals surface area (Å²) in [4.78, 5) is 12.5. The summed E-state index contributed by atoms with van der Waals surface area (Å²) in [5.74, 6) is 0.693. The van der Waals surface area contributed by atoms with E-state index in [0.717, 1.165) is 18.6 Å². The van der Waals surface area contributed by atoms with Crippen LogP contribution in [-0.4, -0.2) is 23.4 Å². The van der Waals surface area contributed by atoms with E-state index in [1.54, 1.807) is 12.1 Å². The molecule has 0 saturated carbocycles. The third-order valence-electron chi connectivity index (χ3n) is 2.62. The zero-order valence-corrected chi connectivity index (χ0v) is 13.4. The van der Waals surface area contributed by atoms with Gasteiger partial charge in [0, 0.05) is 16.4 Å². The van der Waals surface area contributed by atoms with Gasteiger partial charge in [-0.2, -0.15) is 0 Å². The van der Waals surface area contributed by atoms with Crippen LogP contribution in [0.2, 0.25) is 0 Å². The van der Waals surface area contributed by atoms with E-state index in [4.69, 9.17) is 4.74 Å². The minimum atomic E-state index is -0.0531. The minimum absolute atomic E-state index is 0.0531. The van der Waals surface area contributed by atoms with E-state index < -0.39 is 0 Å². The number of halogens is 1. The highest BCUT2D eigenvalue weighted by Crippen LogP contribution is 2.14. The van der Waals surface area contributed by atoms with Gasteiger partial charge >= 0.3 is 0 Å². The maximum atomic E-state index is 12.1. The van der Waals surface area contributed by atoms with Crippen LogP contribution in [0.3, 0.4) is 0 Å². The molecule has 3 nitrogen and oxygen atoms in total. The first-order valence-corrected chi connectivity index (χ1v) is 7.62. The lowest BCUT2D eigenvalue weighted by molar-refractivity contribution is 0.0938. The van der Waals surface area contributed by atoms with Crippen molar-refractivity contribution in [2.24, 2.45) is 0 Å². The first kappa shape index (κ1) is 16.0. The Labute approximate surface area is 123 Å². The second-order valence-electron chi connectivity index (χ2n) is 4.77. The predicted octanol–water partition coefficient (Wildman–Crippen LogP) is 3.77. The third-order valence-corrected chi connectivity index (χ3v) is 3.00. The van der Waals surface area contributed by atoms with Gasteiger partial charge in [-0.25, -0.2) is 0 Å². The fourth-order valence-corrected chi connectivity index (χ4v) is 2.36. The lowest BCUT2D eigenvalue weighted by Gasteiger charge is -2.15. The summed E-state index contributed by atoms with van der Waals surface area (Å²) in [7, 11) is 0. The number of ether oxygens (including phenoxy) is 1. The number of hydrogen-bond acceptors (Lipinski definition) is 2. The van der Waals surface area contributed by atoms with E-state index in [-0.39, 0.29) is 11.9 Å². The fraction of sp³-hybridized carbons (Fsp3) is 0.533. The van der Waals surface area contributed by atoms with Crippen LogP contribution in [0.25, 0.3) is 0 Å². The third kappa shape index (κ3) is 6.10. The first-order chi connectivity index (χ1) is 9.02. The van der Waals surface area contributed by atoms with Crippen molar-refractivity contribution in [3.63, 3.8) is 0 Å². The number of carbonyl (C=O) groups is 1. The van der Waals surface area contributed by atoms with Gasteiger partial charge in [-0.3, -0.25) is 4.79 Å². The molecule has 1 rings (SSSR count). The molecule has 19 heavy (non-hydrogen) atoms. The van der Waals surface area contributed by atoms with Crippen molar-refractivity contribution >= 4 is 21.8 Å². The monoisotopic (exact) mass is 327 g/mol. The molecule has 1 aromatic rings. The lowest BCUT2D eigenvalue weighted by atomic mass is 10.1. The maximum Gasteiger partial charge on any atom is 0.251 e. The van der Waals surface area contributed by atoms with Gasteiger partial charge in [-0.1, -0.05) is 35.8 Å². The number of carbonyl (C=O) groups excluding carboxylic acids is 1. The average Bonchev–Trinajstić information content (AvgIpc) is 2.35. The van der Waals surface area contributed by atoms with Crippen molar-refractivity contribution in [2.75, 3.05) is 6.61 Å². The highest BCUT2D eigenvalue weighted by molar-refractivity contribution is 9.09. The summed E-state index contributed by atoms with van der Waals surface area (Å²) in [5.41, 5.74) is 0.641. The molecular weight excluding hydrogens is 306 g/mol. The molecule has 0 aliphatic heterocycles. The average molecular weight is 328 g/mol. The van der Waals surface area contributed by atoms with Crippen LogP contribution in [0.5, 0.6) is 5.75 Å². The first-order valence-electron chi connectivity index (χ1n) is 6.70.